The number of aliphatic hydroxyl groups is 3. The molecule has 1 aromatic rings. The van der Waals surface area contributed by atoms with Gasteiger partial charge in [-0.2, -0.15) is 0 Å². The van der Waals surface area contributed by atoms with Crippen LogP contribution >= 0.6 is 0 Å². The first-order chi connectivity index (χ1) is 8.80. The Hall–Kier alpha value is -0.840. The van der Waals surface area contributed by atoms with Gasteiger partial charge in [0.1, 0.15) is 0 Å². The van der Waals surface area contributed by atoms with E-state index >= 15 is 0 Å². The second kappa shape index (κ2) is 7.08. The van der Waals surface area contributed by atoms with E-state index in [0.717, 1.165) is 5.56 Å². The largest absolute Gasteiger partial charge is 0.472 e. The van der Waals surface area contributed by atoms with Crippen LogP contribution in [0.25, 0.3) is 0 Å². The lowest BCUT2D eigenvalue weighted by Crippen LogP contribution is -2.31. The summed E-state index contributed by atoms with van der Waals surface area (Å²) in [4.78, 5) is 0. The maximum Gasteiger partial charge on any atom is 0.0960 e. The Kier molecular flexibility index (Phi) is 6.04. The van der Waals surface area contributed by atoms with Gasteiger partial charge in [-0.1, -0.05) is 13.8 Å². The normalized spacial score (nSPS) is 18.3. The third-order valence-corrected chi connectivity index (χ3v) is 3.30. The van der Waals surface area contributed by atoms with Gasteiger partial charge in [0.25, 0.3) is 0 Å². The topological polar surface area (TPSA) is 73.8 Å². The number of hydrogen-bond donors (Lipinski definition) is 3. The standard InChI is InChI=1S/C15H26O4/c1-11(2)8-13(16)9-15(3,18)6-4-14(17)12-5-7-19-10-12/h5,7,10-11,13-14,16-18H,4,6,8-9H2,1-3H3/t13?,14?,15-/m1/s1. The van der Waals surface area contributed by atoms with Crippen molar-refractivity contribution in [2.75, 3.05) is 0 Å². The average molecular weight is 270 g/mol. The van der Waals surface area contributed by atoms with Gasteiger partial charge >= 0.3 is 0 Å². The molecule has 0 aliphatic carbocycles. The van der Waals surface area contributed by atoms with Crippen LogP contribution in [0, 0.1) is 5.92 Å². The molecule has 0 radical (unpaired) electrons. The fourth-order valence-corrected chi connectivity index (χ4v) is 2.32. The molecule has 1 rings (SSSR count). The minimum Gasteiger partial charge on any atom is -0.472 e. The molecule has 19 heavy (non-hydrogen) atoms. The van der Waals surface area contributed by atoms with Crippen LogP contribution in [-0.2, 0) is 0 Å². The highest BCUT2D eigenvalue weighted by Gasteiger charge is 2.26. The summed E-state index contributed by atoms with van der Waals surface area (Å²) >= 11 is 0. The Morgan fingerprint density at radius 1 is 1.32 bits per heavy atom. The van der Waals surface area contributed by atoms with Gasteiger partial charge in [-0.3, -0.25) is 0 Å². The van der Waals surface area contributed by atoms with E-state index in [0.29, 0.717) is 31.6 Å². The summed E-state index contributed by atoms with van der Waals surface area (Å²) in [6.07, 6.45) is 3.79. The van der Waals surface area contributed by atoms with Crippen LogP contribution in [0.3, 0.4) is 0 Å². The quantitative estimate of drug-likeness (QED) is 0.679. The molecular weight excluding hydrogens is 244 g/mol. The van der Waals surface area contributed by atoms with Crippen LogP contribution < -0.4 is 0 Å². The highest BCUT2D eigenvalue weighted by Crippen LogP contribution is 2.27. The van der Waals surface area contributed by atoms with E-state index in [2.05, 4.69) is 0 Å². The molecule has 0 saturated carbocycles. The maximum atomic E-state index is 10.2. The summed E-state index contributed by atoms with van der Waals surface area (Å²) in [5, 5.41) is 30.0. The van der Waals surface area contributed by atoms with Gasteiger partial charge in [0, 0.05) is 12.0 Å². The van der Waals surface area contributed by atoms with E-state index in [1.165, 1.54) is 12.5 Å². The summed E-state index contributed by atoms with van der Waals surface area (Å²) in [6.45, 7) is 5.79. The van der Waals surface area contributed by atoms with Crippen molar-refractivity contribution < 1.29 is 19.7 Å². The summed E-state index contributed by atoms with van der Waals surface area (Å²) in [6, 6.07) is 1.72. The number of rotatable bonds is 8. The first kappa shape index (κ1) is 16.2. The molecule has 0 amide bonds. The van der Waals surface area contributed by atoms with Crippen molar-refractivity contribution in [1.29, 1.82) is 0 Å². The van der Waals surface area contributed by atoms with Crippen LogP contribution in [0.1, 0.15) is 58.1 Å². The van der Waals surface area contributed by atoms with Crippen LogP contribution in [0.15, 0.2) is 23.0 Å². The van der Waals surface area contributed by atoms with E-state index in [9.17, 15) is 15.3 Å². The van der Waals surface area contributed by atoms with E-state index < -0.39 is 17.8 Å². The first-order valence-electron chi connectivity index (χ1n) is 6.91. The highest BCUT2D eigenvalue weighted by atomic mass is 16.3. The first-order valence-corrected chi connectivity index (χ1v) is 6.91. The lowest BCUT2D eigenvalue weighted by molar-refractivity contribution is -0.0174. The number of aliphatic hydroxyl groups excluding tert-OH is 2. The molecule has 0 bridgehead atoms. The van der Waals surface area contributed by atoms with E-state index in [4.69, 9.17) is 4.42 Å². The molecule has 4 heteroatoms. The molecule has 1 aromatic heterocycles. The Morgan fingerprint density at radius 3 is 2.53 bits per heavy atom. The van der Waals surface area contributed by atoms with E-state index in [1.54, 1.807) is 13.0 Å². The van der Waals surface area contributed by atoms with Gasteiger partial charge in [-0.05, 0) is 38.2 Å². The van der Waals surface area contributed by atoms with Gasteiger partial charge in [-0.15, -0.1) is 0 Å². The fraction of sp³-hybridized carbons (Fsp3) is 0.733. The Bertz CT molecular complexity index is 343. The number of furan rings is 1. The maximum absolute atomic E-state index is 10.2. The van der Waals surface area contributed by atoms with Crippen molar-refractivity contribution >= 4 is 0 Å². The van der Waals surface area contributed by atoms with Crippen LogP contribution in [0.5, 0.6) is 0 Å². The molecule has 0 saturated heterocycles. The zero-order valence-corrected chi connectivity index (χ0v) is 12.0. The molecular formula is C15H26O4. The second-order valence-electron chi connectivity index (χ2n) is 6.10. The highest BCUT2D eigenvalue weighted by molar-refractivity contribution is 5.08. The zero-order valence-electron chi connectivity index (χ0n) is 12.0. The van der Waals surface area contributed by atoms with Crippen LogP contribution in [0.4, 0.5) is 0 Å². The summed E-state index contributed by atoms with van der Waals surface area (Å²) in [5.74, 6) is 0.405. The average Bonchev–Trinajstić information content (AvgIpc) is 2.77. The minimum atomic E-state index is -0.959. The Labute approximate surface area is 115 Å². The van der Waals surface area contributed by atoms with Gasteiger partial charge in [0.15, 0.2) is 0 Å². The van der Waals surface area contributed by atoms with Crippen molar-refractivity contribution in [3.63, 3.8) is 0 Å². The summed E-state index contributed by atoms with van der Waals surface area (Å²) in [5.41, 5.74) is -0.238. The Balaban J connectivity index is 2.37. The zero-order chi connectivity index (χ0) is 14.5. The molecule has 2 unspecified atom stereocenters. The number of hydrogen-bond acceptors (Lipinski definition) is 4. The fourth-order valence-electron chi connectivity index (χ4n) is 2.32. The summed E-state index contributed by atoms with van der Waals surface area (Å²) in [7, 11) is 0. The molecule has 0 spiro atoms. The van der Waals surface area contributed by atoms with Crippen LogP contribution in [0.2, 0.25) is 0 Å². The third-order valence-electron chi connectivity index (χ3n) is 3.30. The lowest BCUT2D eigenvalue weighted by atomic mass is 9.88. The smallest absolute Gasteiger partial charge is 0.0960 e. The van der Waals surface area contributed by atoms with Crippen molar-refractivity contribution in [3.05, 3.63) is 24.2 Å². The molecule has 0 aromatic carbocycles. The SMILES string of the molecule is CC(C)CC(O)C[C@](C)(O)CCC(O)c1ccoc1. The van der Waals surface area contributed by atoms with Crippen LogP contribution in [-0.4, -0.2) is 27.0 Å². The predicted octanol–water partition coefficient (Wildman–Crippen LogP) is 2.64. The lowest BCUT2D eigenvalue weighted by Gasteiger charge is -2.27. The van der Waals surface area contributed by atoms with Gasteiger partial charge < -0.3 is 19.7 Å². The van der Waals surface area contributed by atoms with Crippen molar-refractivity contribution in [1.82, 2.24) is 0 Å². The van der Waals surface area contributed by atoms with Crippen molar-refractivity contribution in [3.8, 4) is 0 Å². The molecule has 4 nitrogen and oxygen atoms in total. The summed E-state index contributed by atoms with van der Waals surface area (Å²) < 4.78 is 4.91. The van der Waals surface area contributed by atoms with Gasteiger partial charge in [-0.25, -0.2) is 0 Å². The third kappa shape index (κ3) is 6.23. The van der Waals surface area contributed by atoms with Crippen molar-refractivity contribution in [2.45, 2.75) is 64.3 Å². The molecule has 0 aliphatic heterocycles. The van der Waals surface area contributed by atoms with E-state index in [-0.39, 0.29) is 0 Å². The molecule has 3 N–H and O–H groups in total. The van der Waals surface area contributed by atoms with E-state index in [1.807, 2.05) is 13.8 Å². The van der Waals surface area contributed by atoms with Crippen molar-refractivity contribution in [2.24, 2.45) is 5.92 Å². The monoisotopic (exact) mass is 270 g/mol. The predicted molar refractivity (Wildman–Crippen MR) is 73.6 cm³/mol. The van der Waals surface area contributed by atoms with Gasteiger partial charge in [0.05, 0.1) is 30.3 Å². The van der Waals surface area contributed by atoms with Gasteiger partial charge in [0.2, 0.25) is 0 Å². The minimum absolute atomic E-state index is 0.337. The second-order valence-corrected chi connectivity index (χ2v) is 6.10. The molecule has 0 aliphatic rings. The molecule has 3 atom stereocenters. The molecule has 0 fully saturated rings. The Morgan fingerprint density at radius 2 is 2.00 bits per heavy atom. The molecule has 110 valence electrons. The molecule has 1 heterocycles.